The molecule has 0 radical (unpaired) electrons. The van der Waals surface area contributed by atoms with Crippen LogP contribution in [0, 0.1) is 23.0 Å². The third kappa shape index (κ3) is 4.42. The zero-order valence-corrected chi connectivity index (χ0v) is 12.8. The van der Waals surface area contributed by atoms with Crippen LogP contribution in [0.3, 0.4) is 0 Å². The number of aryl methyl sites for hydroxylation is 2. The fourth-order valence-corrected chi connectivity index (χ4v) is 2.25. The summed E-state index contributed by atoms with van der Waals surface area (Å²) in [4.78, 5) is 10.8. The van der Waals surface area contributed by atoms with Crippen molar-refractivity contribution in [1.82, 2.24) is 9.78 Å². The summed E-state index contributed by atoms with van der Waals surface area (Å²) in [7, 11) is 0. The smallest absolute Gasteiger partial charge is 0.333 e. The van der Waals surface area contributed by atoms with Gasteiger partial charge in [0.2, 0.25) is 5.82 Å². The van der Waals surface area contributed by atoms with Gasteiger partial charge in [0, 0.05) is 26.3 Å². The highest BCUT2D eigenvalue weighted by atomic mass is 16.6. The van der Waals surface area contributed by atoms with Gasteiger partial charge < -0.3 is 10.1 Å². The largest absolute Gasteiger partial charge is 0.381 e. The number of nitro groups is 1. The number of aromatic nitrogens is 2. The summed E-state index contributed by atoms with van der Waals surface area (Å²) >= 11 is 0. The number of hydrogen-bond donors (Lipinski definition) is 1. The molecule has 0 atom stereocenters. The van der Waals surface area contributed by atoms with Gasteiger partial charge in [-0.05, 0) is 38.5 Å². The molecule has 1 aliphatic carbocycles. The Kier molecular flexibility index (Phi) is 5.55. The Morgan fingerprint density at radius 3 is 2.90 bits per heavy atom. The molecule has 1 aliphatic rings. The van der Waals surface area contributed by atoms with Crippen molar-refractivity contribution in [2.45, 2.75) is 46.1 Å². The van der Waals surface area contributed by atoms with Crippen molar-refractivity contribution in [3.05, 3.63) is 15.8 Å². The van der Waals surface area contributed by atoms with Crippen molar-refractivity contribution in [1.29, 1.82) is 0 Å². The highest BCUT2D eigenvalue weighted by Gasteiger charge is 2.24. The van der Waals surface area contributed by atoms with Crippen molar-refractivity contribution in [3.63, 3.8) is 0 Å². The summed E-state index contributed by atoms with van der Waals surface area (Å²) in [5.41, 5.74) is 0.545. The third-order valence-corrected chi connectivity index (χ3v) is 3.52. The number of nitrogens with one attached hydrogen (secondary N) is 1. The molecule has 1 aromatic heterocycles. The van der Waals surface area contributed by atoms with Gasteiger partial charge in [-0.3, -0.25) is 10.1 Å². The Morgan fingerprint density at radius 2 is 2.29 bits per heavy atom. The van der Waals surface area contributed by atoms with Crippen LogP contribution in [0.4, 0.5) is 11.5 Å². The summed E-state index contributed by atoms with van der Waals surface area (Å²) in [5, 5.41) is 18.6. The van der Waals surface area contributed by atoms with Gasteiger partial charge >= 0.3 is 5.69 Å². The Labute approximate surface area is 124 Å². The molecule has 0 unspecified atom stereocenters. The van der Waals surface area contributed by atoms with Crippen LogP contribution in [0.25, 0.3) is 0 Å². The van der Waals surface area contributed by atoms with Crippen molar-refractivity contribution in [2.75, 3.05) is 25.1 Å². The second-order valence-electron chi connectivity index (χ2n) is 5.56. The third-order valence-electron chi connectivity index (χ3n) is 3.52. The van der Waals surface area contributed by atoms with Crippen LogP contribution >= 0.6 is 0 Å². The van der Waals surface area contributed by atoms with Crippen LogP contribution in [0.5, 0.6) is 0 Å². The van der Waals surface area contributed by atoms with E-state index in [-0.39, 0.29) is 10.6 Å². The lowest BCUT2D eigenvalue weighted by Crippen LogP contribution is -2.12. The lowest BCUT2D eigenvalue weighted by Gasteiger charge is -2.08. The number of anilines is 1. The normalized spacial score (nSPS) is 14.4. The Bertz CT molecular complexity index is 483. The van der Waals surface area contributed by atoms with E-state index in [9.17, 15) is 10.1 Å². The molecule has 0 spiro atoms. The minimum Gasteiger partial charge on any atom is -0.381 e. The molecule has 0 saturated heterocycles. The molecule has 118 valence electrons. The van der Waals surface area contributed by atoms with E-state index in [1.807, 2.05) is 6.92 Å². The Morgan fingerprint density at radius 1 is 1.52 bits per heavy atom. The number of nitrogens with zero attached hydrogens (tertiary/aromatic N) is 3. The summed E-state index contributed by atoms with van der Waals surface area (Å²) in [6, 6.07) is 0. The molecular formula is C14H24N4O3. The first-order valence-electron chi connectivity index (χ1n) is 7.66. The number of rotatable bonds is 10. The second-order valence-corrected chi connectivity index (χ2v) is 5.56. The molecule has 1 N–H and O–H groups in total. The predicted octanol–water partition coefficient (Wildman–Crippen LogP) is 2.74. The maximum Gasteiger partial charge on any atom is 0.333 e. The van der Waals surface area contributed by atoms with Crippen molar-refractivity contribution in [2.24, 2.45) is 5.92 Å². The molecule has 2 rings (SSSR count). The molecule has 1 heterocycles. The van der Waals surface area contributed by atoms with E-state index >= 15 is 0 Å². The standard InChI is InChI=1S/C14H24N4O3/c1-3-8-17-14(13(18(19)20)11(2)16-17)15-7-4-9-21-10-12-5-6-12/h12,15H,3-10H2,1-2H3. The summed E-state index contributed by atoms with van der Waals surface area (Å²) in [5.74, 6) is 1.29. The first-order chi connectivity index (χ1) is 10.1. The zero-order valence-electron chi connectivity index (χ0n) is 12.8. The molecule has 0 aromatic carbocycles. The van der Waals surface area contributed by atoms with Crippen LogP contribution in [0.2, 0.25) is 0 Å². The summed E-state index contributed by atoms with van der Waals surface area (Å²) in [6.45, 7) is 6.58. The van der Waals surface area contributed by atoms with Gasteiger partial charge in [0.15, 0.2) is 0 Å². The summed E-state index contributed by atoms with van der Waals surface area (Å²) < 4.78 is 7.25. The Hall–Kier alpha value is -1.63. The van der Waals surface area contributed by atoms with E-state index in [2.05, 4.69) is 10.4 Å². The lowest BCUT2D eigenvalue weighted by atomic mass is 10.3. The van der Waals surface area contributed by atoms with E-state index < -0.39 is 0 Å². The molecule has 1 saturated carbocycles. The predicted molar refractivity (Wildman–Crippen MR) is 80.6 cm³/mol. The molecular weight excluding hydrogens is 272 g/mol. The van der Waals surface area contributed by atoms with Gasteiger partial charge in [0.05, 0.1) is 4.92 Å². The molecule has 7 nitrogen and oxygen atoms in total. The van der Waals surface area contributed by atoms with Crippen LogP contribution in [0.15, 0.2) is 0 Å². The lowest BCUT2D eigenvalue weighted by molar-refractivity contribution is -0.384. The maximum absolute atomic E-state index is 11.2. The molecule has 1 fully saturated rings. The van der Waals surface area contributed by atoms with Gasteiger partial charge in [-0.15, -0.1) is 0 Å². The first-order valence-corrected chi connectivity index (χ1v) is 7.66. The molecule has 21 heavy (non-hydrogen) atoms. The molecule has 0 aliphatic heterocycles. The first kappa shape index (κ1) is 15.8. The minimum absolute atomic E-state index is 0.0855. The van der Waals surface area contributed by atoms with Crippen LogP contribution in [-0.4, -0.2) is 34.5 Å². The fraction of sp³-hybridized carbons (Fsp3) is 0.786. The highest BCUT2D eigenvalue weighted by Crippen LogP contribution is 2.29. The number of hydrogen-bond acceptors (Lipinski definition) is 5. The molecule has 0 amide bonds. The van der Waals surface area contributed by atoms with E-state index in [0.717, 1.165) is 25.4 Å². The SMILES string of the molecule is CCCn1nc(C)c([N+](=O)[O-])c1NCCCOCC1CC1. The monoisotopic (exact) mass is 296 g/mol. The van der Waals surface area contributed by atoms with Gasteiger partial charge in [0.25, 0.3) is 0 Å². The van der Waals surface area contributed by atoms with Crippen molar-refractivity contribution in [3.8, 4) is 0 Å². The average molecular weight is 296 g/mol. The zero-order chi connectivity index (χ0) is 15.2. The topological polar surface area (TPSA) is 82.2 Å². The van der Waals surface area contributed by atoms with Crippen LogP contribution in [-0.2, 0) is 11.3 Å². The van der Waals surface area contributed by atoms with Gasteiger partial charge in [0.1, 0.15) is 5.69 Å². The molecule has 0 bridgehead atoms. The van der Waals surface area contributed by atoms with E-state index in [4.69, 9.17) is 4.74 Å². The minimum atomic E-state index is -0.361. The van der Waals surface area contributed by atoms with E-state index in [1.165, 1.54) is 12.8 Å². The number of ether oxygens (including phenoxy) is 1. The average Bonchev–Trinajstić information content (AvgIpc) is 3.19. The fourth-order valence-electron chi connectivity index (χ4n) is 2.25. The van der Waals surface area contributed by atoms with Gasteiger partial charge in [-0.25, -0.2) is 4.68 Å². The Balaban J connectivity index is 1.85. The molecule has 1 aromatic rings. The second kappa shape index (κ2) is 7.40. The molecule has 7 heteroatoms. The van der Waals surface area contributed by atoms with E-state index in [1.54, 1.807) is 11.6 Å². The van der Waals surface area contributed by atoms with Crippen LogP contribution < -0.4 is 5.32 Å². The van der Waals surface area contributed by atoms with Crippen molar-refractivity contribution < 1.29 is 9.66 Å². The van der Waals surface area contributed by atoms with Crippen LogP contribution in [0.1, 0.15) is 38.3 Å². The van der Waals surface area contributed by atoms with Gasteiger partial charge in [-0.1, -0.05) is 6.92 Å². The maximum atomic E-state index is 11.2. The summed E-state index contributed by atoms with van der Waals surface area (Å²) in [6.07, 6.45) is 4.30. The highest BCUT2D eigenvalue weighted by molar-refractivity contribution is 5.59. The quantitative estimate of drug-likeness (QED) is 0.408. The van der Waals surface area contributed by atoms with Crippen molar-refractivity contribution >= 4 is 11.5 Å². The van der Waals surface area contributed by atoms with E-state index in [0.29, 0.717) is 31.2 Å². The van der Waals surface area contributed by atoms with Gasteiger partial charge in [-0.2, -0.15) is 5.10 Å².